The summed E-state index contributed by atoms with van der Waals surface area (Å²) in [4.78, 5) is 7.89. The van der Waals surface area contributed by atoms with Crippen LogP contribution in [0.15, 0.2) is 53.7 Å². The molecule has 0 saturated carbocycles. The summed E-state index contributed by atoms with van der Waals surface area (Å²) in [5.74, 6) is 0.401. The molecule has 0 amide bonds. The number of nitrogens with two attached hydrogens (primary N) is 1. The summed E-state index contributed by atoms with van der Waals surface area (Å²) in [6, 6.07) is 6.30. The molecule has 0 spiro atoms. The summed E-state index contributed by atoms with van der Waals surface area (Å²) < 4.78 is 40.6. The lowest BCUT2D eigenvalue weighted by atomic mass is 9.74. The number of fused-ring (bicyclic) bond motifs is 1. The molecule has 0 bridgehead atoms. The van der Waals surface area contributed by atoms with Gasteiger partial charge in [0.2, 0.25) is 0 Å². The Hall–Kier alpha value is -2.83. The third kappa shape index (κ3) is 3.99. The number of aryl methyl sites for hydroxylation is 3. The highest BCUT2D eigenvalue weighted by Crippen LogP contribution is 2.48. The van der Waals surface area contributed by atoms with Crippen LogP contribution in [0.5, 0.6) is 0 Å². The van der Waals surface area contributed by atoms with Gasteiger partial charge in [0.05, 0.1) is 5.69 Å². The second kappa shape index (κ2) is 7.54. The molecule has 1 aromatic heterocycles. The summed E-state index contributed by atoms with van der Waals surface area (Å²) in [5.41, 5.74) is 9.51. The molecule has 1 unspecified atom stereocenters. The van der Waals surface area contributed by atoms with Gasteiger partial charge in [-0.1, -0.05) is 42.0 Å². The van der Waals surface area contributed by atoms with E-state index >= 15 is 0 Å². The molecule has 0 fully saturated rings. The zero-order valence-corrected chi connectivity index (χ0v) is 16.8. The van der Waals surface area contributed by atoms with E-state index in [1.165, 1.54) is 17.2 Å². The van der Waals surface area contributed by atoms with Gasteiger partial charge in [-0.3, -0.25) is 4.99 Å². The third-order valence-corrected chi connectivity index (χ3v) is 5.54. The van der Waals surface area contributed by atoms with Crippen molar-refractivity contribution in [2.24, 2.45) is 12.0 Å². The highest BCUT2D eigenvalue weighted by Gasteiger charge is 2.42. The van der Waals surface area contributed by atoms with Crippen LogP contribution in [0.25, 0.3) is 0 Å². The van der Waals surface area contributed by atoms with Crippen molar-refractivity contribution in [3.05, 3.63) is 71.1 Å². The smallest absolute Gasteiger partial charge is 0.369 e. The maximum atomic E-state index is 13.0. The van der Waals surface area contributed by atoms with Gasteiger partial charge < -0.3 is 10.3 Å². The number of aliphatic imine (C=N–C) groups is 1. The molecule has 29 heavy (non-hydrogen) atoms. The number of anilines is 1. The van der Waals surface area contributed by atoms with Crippen molar-refractivity contribution in [1.29, 1.82) is 0 Å². The molecule has 0 aliphatic heterocycles. The van der Waals surface area contributed by atoms with Gasteiger partial charge in [0.25, 0.3) is 0 Å². The Kier molecular flexibility index (Phi) is 5.43. The highest BCUT2D eigenvalue weighted by atomic mass is 19.4. The maximum absolute atomic E-state index is 13.0. The highest BCUT2D eigenvalue weighted by molar-refractivity contribution is 5.99. The van der Waals surface area contributed by atoms with Gasteiger partial charge in [0.15, 0.2) is 5.95 Å². The Morgan fingerprint density at radius 2 is 2.10 bits per heavy atom. The minimum atomic E-state index is -4.49. The first-order valence-electron chi connectivity index (χ1n) is 9.36. The summed E-state index contributed by atoms with van der Waals surface area (Å²) in [6.45, 7) is 6.07. The first-order valence-corrected chi connectivity index (χ1v) is 9.36. The lowest BCUT2D eigenvalue weighted by molar-refractivity contribution is -0.0577. The number of aromatic nitrogens is 2. The van der Waals surface area contributed by atoms with E-state index in [0.29, 0.717) is 17.9 Å². The Morgan fingerprint density at radius 3 is 2.69 bits per heavy atom. The van der Waals surface area contributed by atoms with E-state index in [1.807, 2.05) is 20.2 Å². The van der Waals surface area contributed by atoms with Gasteiger partial charge in [-0.05, 0) is 43.4 Å². The second-order valence-corrected chi connectivity index (χ2v) is 7.61. The fourth-order valence-corrected chi connectivity index (χ4v) is 4.07. The average molecular weight is 402 g/mol. The first kappa shape index (κ1) is 20.9. The second-order valence-electron chi connectivity index (χ2n) is 7.61. The van der Waals surface area contributed by atoms with Crippen LogP contribution >= 0.6 is 0 Å². The number of rotatable bonds is 5. The molecule has 0 radical (unpaired) electrons. The van der Waals surface area contributed by atoms with Gasteiger partial charge in [-0.15, -0.1) is 0 Å². The van der Waals surface area contributed by atoms with Crippen molar-refractivity contribution >= 4 is 11.7 Å². The molecule has 1 atom stereocenters. The van der Waals surface area contributed by atoms with Crippen LogP contribution in [0, 0.1) is 6.92 Å². The molecule has 4 nitrogen and oxygen atoms in total. The van der Waals surface area contributed by atoms with Crippen molar-refractivity contribution in [1.82, 2.24) is 9.55 Å². The predicted octanol–water partition coefficient (Wildman–Crippen LogP) is 4.68. The van der Waals surface area contributed by atoms with E-state index in [9.17, 15) is 13.2 Å². The number of halogens is 3. The molecule has 3 rings (SSSR count). The number of nitrogens with zero attached hydrogens (tertiary/aromatic N) is 3. The van der Waals surface area contributed by atoms with Crippen LogP contribution in [0.1, 0.15) is 35.2 Å². The summed E-state index contributed by atoms with van der Waals surface area (Å²) in [6.07, 6.45) is 1.90. The zero-order chi connectivity index (χ0) is 21.4. The molecule has 1 aliphatic rings. The number of nitrogen functional groups attached to an aromatic ring is 1. The van der Waals surface area contributed by atoms with E-state index in [4.69, 9.17) is 5.73 Å². The van der Waals surface area contributed by atoms with Gasteiger partial charge in [-0.2, -0.15) is 13.2 Å². The summed E-state index contributed by atoms with van der Waals surface area (Å²) in [7, 11) is 2.95. The van der Waals surface area contributed by atoms with E-state index in [2.05, 4.69) is 34.8 Å². The molecule has 2 N–H and O–H groups in total. The normalized spacial score (nSPS) is 19.7. The van der Waals surface area contributed by atoms with Crippen LogP contribution in [0.3, 0.4) is 0 Å². The minimum absolute atomic E-state index is 0.401. The molecule has 1 heterocycles. The number of imidazole rings is 1. The van der Waals surface area contributed by atoms with E-state index in [-0.39, 0.29) is 0 Å². The minimum Gasteiger partial charge on any atom is -0.369 e. The number of allylic oxidation sites excluding steroid dienone is 3. The molecule has 154 valence electrons. The fourth-order valence-electron chi connectivity index (χ4n) is 4.07. The Labute approximate surface area is 168 Å². The van der Waals surface area contributed by atoms with Crippen molar-refractivity contribution in [3.63, 3.8) is 0 Å². The van der Waals surface area contributed by atoms with E-state index < -0.39 is 17.3 Å². The van der Waals surface area contributed by atoms with Crippen LogP contribution in [0.4, 0.5) is 19.1 Å². The topological polar surface area (TPSA) is 56.2 Å². The van der Waals surface area contributed by atoms with Gasteiger partial charge in [0.1, 0.15) is 5.71 Å². The molecule has 1 aromatic carbocycles. The standard InChI is InChI=1S/C22H25F3N4/c1-14-5-7-17-16(11-14)9-10-21(17,19-13-29(4)20(26)28-19)12-15(2)6-8-18(27-3)22(23,24)25/h5-8,11,13H,2,9-10,12H2,1,3-4H3,(H2,26,28)/b8-6-,27-18?. The molecule has 1 aliphatic carbocycles. The van der Waals surface area contributed by atoms with Crippen molar-refractivity contribution in [2.45, 2.75) is 37.8 Å². The lowest BCUT2D eigenvalue weighted by Crippen LogP contribution is -2.26. The van der Waals surface area contributed by atoms with Gasteiger partial charge in [0, 0.05) is 25.7 Å². The SMILES string of the molecule is C=C(/C=C\C(=NC)C(F)(F)F)CC1(c2cn(C)c(N)n2)CCc2cc(C)ccc21. The molecular weight excluding hydrogens is 377 g/mol. The van der Waals surface area contributed by atoms with Gasteiger partial charge in [-0.25, -0.2) is 4.98 Å². The quantitative estimate of drug-likeness (QED) is 0.583. The van der Waals surface area contributed by atoms with Crippen molar-refractivity contribution in [2.75, 3.05) is 12.8 Å². The number of hydrogen-bond donors (Lipinski definition) is 1. The number of alkyl halides is 3. The molecule has 7 heteroatoms. The lowest BCUT2D eigenvalue weighted by Gasteiger charge is -2.29. The third-order valence-electron chi connectivity index (χ3n) is 5.54. The number of hydrogen-bond acceptors (Lipinski definition) is 3. The summed E-state index contributed by atoms with van der Waals surface area (Å²) >= 11 is 0. The van der Waals surface area contributed by atoms with Crippen LogP contribution in [0.2, 0.25) is 0 Å². The zero-order valence-electron chi connectivity index (χ0n) is 16.8. The Balaban J connectivity index is 2.00. The average Bonchev–Trinajstić information content (AvgIpc) is 3.15. The van der Waals surface area contributed by atoms with Crippen LogP contribution in [-0.2, 0) is 18.9 Å². The monoisotopic (exact) mass is 402 g/mol. The maximum Gasteiger partial charge on any atom is 0.432 e. The first-order chi connectivity index (χ1) is 13.6. The largest absolute Gasteiger partial charge is 0.432 e. The van der Waals surface area contributed by atoms with Crippen LogP contribution in [-0.4, -0.2) is 28.5 Å². The molecular formula is C22H25F3N4. The van der Waals surface area contributed by atoms with E-state index in [1.54, 1.807) is 4.57 Å². The molecule has 0 saturated heterocycles. The van der Waals surface area contributed by atoms with Crippen molar-refractivity contribution in [3.8, 4) is 0 Å². The Morgan fingerprint density at radius 1 is 1.38 bits per heavy atom. The van der Waals surface area contributed by atoms with E-state index in [0.717, 1.165) is 37.2 Å². The molecule has 2 aromatic rings. The van der Waals surface area contributed by atoms with Gasteiger partial charge >= 0.3 is 6.18 Å². The van der Waals surface area contributed by atoms with Crippen LogP contribution < -0.4 is 5.73 Å². The van der Waals surface area contributed by atoms with Crippen molar-refractivity contribution < 1.29 is 13.2 Å². The summed E-state index contributed by atoms with van der Waals surface area (Å²) in [5, 5.41) is 0. The Bertz CT molecular complexity index is 978. The fraction of sp³-hybridized carbons (Fsp3) is 0.364. The number of benzene rings is 1. The predicted molar refractivity (Wildman–Crippen MR) is 110 cm³/mol.